The number of ether oxygens (including phenoxy) is 1. The fraction of sp³-hybridized carbons (Fsp3) is 0.185. The molecule has 4 N–H and O–H groups in total. The number of nitrogens with zero attached hydrogens (tertiary/aromatic N) is 2. The average molecular weight is 487 g/mol. The first kappa shape index (κ1) is 23.4. The topological polar surface area (TPSA) is 127 Å². The van der Waals surface area contributed by atoms with Crippen molar-refractivity contribution in [3.63, 3.8) is 0 Å². The number of benzene rings is 2. The highest BCUT2D eigenvalue weighted by molar-refractivity contribution is 5.95. The zero-order valence-corrected chi connectivity index (χ0v) is 19.1. The lowest BCUT2D eigenvalue weighted by molar-refractivity contribution is -0.134. The van der Waals surface area contributed by atoms with Crippen LogP contribution in [-0.4, -0.2) is 27.0 Å². The third-order valence-corrected chi connectivity index (χ3v) is 6.65. The van der Waals surface area contributed by atoms with Crippen molar-refractivity contribution in [2.24, 2.45) is 17.1 Å². The molecule has 9 heteroatoms. The highest BCUT2D eigenvalue weighted by Crippen LogP contribution is 2.54. The van der Waals surface area contributed by atoms with E-state index >= 15 is 0 Å². The van der Waals surface area contributed by atoms with Crippen molar-refractivity contribution in [3.05, 3.63) is 90.0 Å². The fourth-order valence-corrected chi connectivity index (χ4v) is 4.60. The molecule has 2 aromatic heterocycles. The molecule has 2 amide bonds. The van der Waals surface area contributed by atoms with E-state index in [2.05, 4.69) is 4.98 Å². The molecule has 4 aromatic rings. The standard InChI is InChI=1S/C27H23FN4O4/c28-21-10-16(12-27(26(29)34)13-20(27)25(33)32-35)7-8-24(21)36-15-18-11-23(17-4-3-9-30-14-17)31-22-6-2-1-5-19(18)22/h1-11,14,20,35H,12-13,15H2,(H2,29,34)(H,32,33). The van der Waals surface area contributed by atoms with Crippen molar-refractivity contribution < 1.29 is 23.9 Å². The van der Waals surface area contributed by atoms with Crippen molar-refractivity contribution in [1.29, 1.82) is 0 Å². The molecule has 0 radical (unpaired) electrons. The van der Waals surface area contributed by atoms with Gasteiger partial charge in [0, 0.05) is 28.9 Å². The van der Waals surface area contributed by atoms with Crippen LogP contribution in [-0.2, 0) is 22.6 Å². The van der Waals surface area contributed by atoms with Gasteiger partial charge in [-0.3, -0.25) is 19.8 Å². The Morgan fingerprint density at radius 3 is 2.72 bits per heavy atom. The first-order valence-electron chi connectivity index (χ1n) is 11.4. The molecule has 8 nitrogen and oxygen atoms in total. The quantitative estimate of drug-likeness (QED) is 0.258. The summed E-state index contributed by atoms with van der Waals surface area (Å²) in [6, 6.07) is 17.7. The first-order valence-corrected chi connectivity index (χ1v) is 11.4. The van der Waals surface area contributed by atoms with Gasteiger partial charge in [0.2, 0.25) is 11.8 Å². The van der Waals surface area contributed by atoms with Crippen LogP contribution in [0.1, 0.15) is 17.5 Å². The number of para-hydroxylation sites is 1. The van der Waals surface area contributed by atoms with E-state index in [9.17, 15) is 14.0 Å². The molecule has 0 aliphatic heterocycles. The number of hydroxylamine groups is 1. The molecule has 0 bridgehead atoms. The van der Waals surface area contributed by atoms with Crippen molar-refractivity contribution in [2.45, 2.75) is 19.4 Å². The number of carbonyl (C=O) groups is 2. The molecule has 1 aliphatic carbocycles. The molecule has 5 rings (SSSR count). The van der Waals surface area contributed by atoms with Crippen LogP contribution in [0.2, 0.25) is 0 Å². The minimum Gasteiger partial charge on any atom is -0.486 e. The second-order valence-corrected chi connectivity index (χ2v) is 8.91. The molecule has 182 valence electrons. The van der Waals surface area contributed by atoms with Crippen LogP contribution in [0.15, 0.2) is 73.1 Å². The third kappa shape index (κ3) is 4.36. The van der Waals surface area contributed by atoms with Crippen molar-refractivity contribution in [2.75, 3.05) is 0 Å². The predicted molar refractivity (Wildman–Crippen MR) is 129 cm³/mol. The van der Waals surface area contributed by atoms with Crippen LogP contribution in [0.3, 0.4) is 0 Å². The van der Waals surface area contributed by atoms with Gasteiger partial charge in [0.25, 0.3) is 0 Å². The maximum absolute atomic E-state index is 14.9. The average Bonchev–Trinajstić information content (AvgIpc) is 3.63. The lowest BCUT2D eigenvalue weighted by Crippen LogP contribution is -2.33. The minimum atomic E-state index is -1.14. The van der Waals surface area contributed by atoms with E-state index in [-0.39, 0.29) is 25.2 Å². The van der Waals surface area contributed by atoms with Crippen molar-refractivity contribution in [1.82, 2.24) is 15.4 Å². The molecule has 1 saturated carbocycles. The molecule has 2 unspecified atom stereocenters. The van der Waals surface area contributed by atoms with Gasteiger partial charge in [0.15, 0.2) is 11.6 Å². The van der Waals surface area contributed by atoms with Gasteiger partial charge in [-0.2, -0.15) is 0 Å². The lowest BCUT2D eigenvalue weighted by Gasteiger charge is -2.15. The second kappa shape index (κ2) is 9.35. The molecule has 2 atom stereocenters. The Hall–Kier alpha value is -4.37. The van der Waals surface area contributed by atoms with E-state index in [1.54, 1.807) is 23.9 Å². The summed E-state index contributed by atoms with van der Waals surface area (Å²) in [5.74, 6) is -2.62. The molecule has 0 saturated heterocycles. The number of amides is 2. The monoisotopic (exact) mass is 486 g/mol. The summed E-state index contributed by atoms with van der Waals surface area (Å²) in [6.07, 6.45) is 3.70. The molecular weight excluding hydrogens is 463 g/mol. The number of carbonyl (C=O) groups excluding carboxylic acids is 2. The highest BCUT2D eigenvalue weighted by Gasteiger charge is 2.62. The van der Waals surface area contributed by atoms with Crippen LogP contribution >= 0.6 is 0 Å². The van der Waals surface area contributed by atoms with Crippen LogP contribution in [0, 0.1) is 17.2 Å². The Morgan fingerprint density at radius 1 is 1.17 bits per heavy atom. The van der Waals surface area contributed by atoms with Gasteiger partial charge < -0.3 is 10.5 Å². The number of rotatable bonds is 8. The molecular formula is C27H23FN4O4. The summed E-state index contributed by atoms with van der Waals surface area (Å²) in [5.41, 5.74) is 9.65. The summed E-state index contributed by atoms with van der Waals surface area (Å²) in [5, 5.41) is 9.77. The van der Waals surface area contributed by atoms with Crippen molar-refractivity contribution >= 4 is 22.7 Å². The molecule has 36 heavy (non-hydrogen) atoms. The number of pyridine rings is 2. The van der Waals surface area contributed by atoms with E-state index in [1.807, 2.05) is 42.5 Å². The van der Waals surface area contributed by atoms with Gasteiger partial charge in [0.1, 0.15) is 6.61 Å². The maximum atomic E-state index is 14.9. The van der Waals surface area contributed by atoms with Gasteiger partial charge in [-0.05, 0) is 54.8 Å². The number of hydrogen-bond donors (Lipinski definition) is 3. The zero-order chi connectivity index (χ0) is 25.3. The van der Waals surface area contributed by atoms with E-state index in [0.717, 1.165) is 27.7 Å². The molecule has 2 aromatic carbocycles. The van der Waals surface area contributed by atoms with E-state index in [1.165, 1.54) is 12.1 Å². The maximum Gasteiger partial charge on any atom is 0.247 e. The second-order valence-electron chi connectivity index (χ2n) is 8.91. The number of halogens is 1. The van der Waals surface area contributed by atoms with E-state index in [0.29, 0.717) is 5.56 Å². The van der Waals surface area contributed by atoms with Gasteiger partial charge in [-0.25, -0.2) is 14.9 Å². The predicted octanol–water partition coefficient (Wildman–Crippen LogP) is 3.55. The Bertz CT molecular complexity index is 1460. The fourth-order valence-electron chi connectivity index (χ4n) is 4.60. The summed E-state index contributed by atoms with van der Waals surface area (Å²) >= 11 is 0. The Kier molecular flexibility index (Phi) is 6.07. The number of primary amides is 1. The smallest absolute Gasteiger partial charge is 0.247 e. The normalized spacial score (nSPS) is 18.6. The SMILES string of the molecule is NC(=O)C1(Cc2ccc(OCc3cc(-c4cccnc4)nc4ccccc34)c(F)c2)CC1C(=O)NO. The summed E-state index contributed by atoms with van der Waals surface area (Å²) in [6.45, 7) is 0.108. The van der Waals surface area contributed by atoms with Crippen LogP contribution in [0.25, 0.3) is 22.2 Å². The van der Waals surface area contributed by atoms with Crippen LogP contribution < -0.4 is 16.0 Å². The van der Waals surface area contributed by atoms with Gasteiger partial charge in [-0.15, -0.1) is 0 Å². The minimum absolute atomic E-state index is 0.0520. The Labute approximate surface area is 205 Å². The molecule has 1 aliphatic rings. The van der Waals surface area contributed by atoms with Crippen LogP contribution in [0.5, 0.6) is 5.75 Å². The lowest BCUT2D eigenvalue weighted by atomic mass is 9.92. The number of fused-ring (bicyclic) bond motifs is 1. The van der Waals surface area contributed by atoms with E-state index in [4.69, 9.17) is 20.7 Å². The van der Waals surface area contributed by atoms with Gasteiger partial charge >= 0.3 is 0 Å². The molecule has 0 spiro atoms. The number of aromatic nitrogens is 2. The Balaban J connectivity index is 1.37. The highest BCUT2D eigenvalue weighted by atomic mass is 19.1. The molecule has 2 heterocycles. The first-order chi connectivity index (χ1) is 17.4. The van der Waals surface area contributed by atoms with Crippen LogP contribution in [0.4, 0.5) is 4.39 Å². The van der Waals surface area contributed by atoms with Gasteiger partial charge in [0.05, 0.1) is 22.5 Å². The van der Waals surface area contributed by atoms with E-state index < -0.39 is 29.0 Å². The summed E-state index contributed by atoms with van der Waals surface area (Å²) < 4.78 is 20.8. The van der Waals surface area contributed by atoms with Gasteiger partial charge in [-0.1, -0.05) is 24.3 Å². The third-order valence-electron chi connectivity index (χ3n) is 6.65. The summed E-state index contributed by atoms with van der Waals surface area (Å²) in [4.78, 5) is 32.6. The number of hydrogen-bond acceptors (Lipinski definition) is 6. The molecule has 1 fully saturated rings. The Morgan fingerprint density at radius 2 is 2.00 bits per heavy atom. The number of nitrogens with one attached hydrogen (secondary N) is 1. The summed E-state index contributed by atoms with van der Waals surface area (Å²) in [7, 11) is 0. The van der Waals surface area contributed by atoms with Crippen molar-refractivity contribution in [3.8, 4) is 17.0 Å². The number of nitrogens with two attached hydrogens (primary N) is 1. The largest absolute Gasteiger partial charge is 0.486 e. The zero-order valence-electron chi connectivity index (χ0n) is 19.1.